The predicted molar refractivity (Wildman–Crippen MR) is 69.6 cm³/mol. The minimum absolute atomic E-state index is 0.0402. The molecule has 0 fully saturated rings. The highest BCUT2D eigenvalue weighted by Gasteiger charge is 2.29. The van der Waals surface area contributed by atoms with Gasteiger partial charge in [-0.2, -0.15) is 5.10 Å². The van der Waals surface area contributed by atoms with Gasteiger partial charge in [-0.25, -0.2) is 13.1 Å². The molecule has 0 aliphatic heterocycles. The topological polar surface area (TPSA) is 69.0 Å². The van der Waals surface area contributed by atoms with Crippen molar-refractivity contribution in [1.29, 1.82) is 0 Å². The molecule has 6 heteroatoms. The Balaban J connectivity index is 3.37. The third kappa shape index (κ3) is 2.98. The Morgan fingerprint density at radius 3 is 2.44 bits per heavy atom. The summed E-state index contributed by atoms with van der Waals surface area (Å²) in [6, 6.07) is 0. The summed E-state index contributed by atoms with van der Waals surface area (Å²) in [7, 11) is -3.47. The molecule has 0 atom stereocenters. The molecule has 0 N–H and O–H groups in total. The zero-order valence-electron chi connectivity index (χ0n) is 11.3. The highest BCUT2D eigenvalue weighted by atomic mass is 32.2. The maximum atomic E-state index is 12.3. The number of unbranched alkanes of at least 4 members (excludes halogenated alkanes) is 1. The summed E-state index contributed by atoms with van der Waals surface area (Å²) in [5.74, 6) is 0.0477. The summed E-state index contributed by atoms with van der Waals surface area (Å²) in [6.07, 6.45) is 3.24. The molecule has 0 unspecified atom stereocenters. The second-order valence-electron chi connectivity index (χ2n) is 5.28. The average Bonchev–Trinajstić information content (AvgIpc) is 2.70. The van der Waals surface area contributed by atoms with Gasteiger partial charge in [-0.3, -0.25) is 4.79 Å². The van der Waals surface area contributed by atoms with E-state index in [9.17, 15) is 13.2 Å². The van der Waals surface area contributed by atoms with Crippen molar-refractivity contribution in [2.24, 2.45) is 0 Å². The van der Waals surface area contributed by atoms with Gasteiger partial charge in [0.25, 0.3) is 0 Å². The van der Waals surface area contributed by atoms with Gasteiger partial charge >= 0.3 is 0 Å². The lowest BCUT2D eigenvalue weighted by Gasteiger charge is -2.22. The Hall–Kier alpha value is -1.17. The van der Waals surface area contributed by atoms with Crippen molar-refractivity contribution in [2.45, 2.75) is 51.1 Å². The summed E-state index contributed by atoms with van der Waals surface area (Å²) >= 11 is 0. The van der Waals surface area contributed by atoms with Gasteiger partial charge in [0.2, 0.25) is 0 Å². The fourth-order valence-electron chi connectivity index (χ4n) is 1.65. The van der Waals surface area contributed by atoms with E-state index in [1.54, 1.807) is 0 Å². The maximum Gasteiger partial charge on any atom is 0.196 e. The lowest BCUT2D eigenvalue weighted by molar-refractivity contribution is 0.111. The monoisotopic (exact) mass is 272 g/mol. The van der Waals surface area contributed by atoms with Crippen molar-refractivity contribution in [1.82, 2.24) is 9.78 Å². The van der Waals surface area contributed by atoms with Crippen LogP contribution in [0.1, 0.15) is 50.9 Å². The van der Waals surface area contributed by atoms with Crippen LogP contribution in [0, 0.1) is 0 Å². The van der Waals surface area contributed by atoms with Crippen LogP contribution in [-0.2, 0) is 15.4 Å². The molecule has 1 rings (SSSR count). The molecule has 0 aromatic carbocycles. The van der Waals surface area contributed by atoms with Gasteiger partial charge in [0.15, 0.2) is 21.1 Å². The van der Waals surface area contributed by atoms with E-state index < -0.39 is 15.4 Å². The SMILES string of the molecule is CCCCS(=O)(=O)c1c(C=O)cnn1C(C)(C)C. The largest absolute Gasteiger partial charge is 0.298 e. The number of hydrogen-bond donors (Lipinski definition) is 0. The van der Waals surface area contributed by atoms with Crippen molar-refractivity contribution < 1.29 is 13.2 Å². The number of aromatic nitrogens is 2. The standard InChI is InChI=1S/C12H20N2O3S/c1-5-6-7-18(16,17)11-10(9-15)8-13-14(11)12(2,3)4/h8-9H,5-7H2,1-4H3. The van der Waals surface area contributed by atoms with Crippen LogP contribution >= 0.6 is 0 Å². The van der Waals surface area contributed by atoms with Crippen molar-refractivity contribution in [3.05, 3.63) is 11.8 Å². The average molecular weight is 272 g/mol. The van der Waals surface area contributed by atoms with Gasteiger partial charge in [-0.05, 0) is 27.2 Å². The zero-order chi connectivity index (χ0) is 14.0. The number of carbonyl (C=O) groups is 1. The molecule has 0 saturated heterocycles. The molecule has 0 bridgehead atoms. The Morgan fingerprint density at radius 2 is 2.00 bits per heavy atom. The van der Waals surface area contributed by atoms with Crippen molar-refractivity contribution in [3.63, 3.8) is 0 Å². The third-order valence-corrected chi connectivity index (χ3v) is 4.40. The number of aldehydes is 1. The summed E-state index contributed by atoms with van der Waals surface area (Å²) in [5.41, 5.74) is -0.336. The molecular weight excluding hydrogens is 252 g/mol. The van der Waals surface area contributed by atoms with E-state index in [1.807, 2.05) is 27.7 Å². The molecule has 1 heterocycles. The second kappa shape index (κ2) is 5.22. The fourth-order valence-corrected chi connectivity index (χ4v) is 3.56. The predicted octanol–water partition coefficient (Wildman–Crippen LogP) is 2.02. The van der Waals surface area contributed by atoms with Crippen LogP contribution in [0.3, 0.4) is 0 Å². The highest BCUT2D eigenvalue weighted by Crippen LogP contribution is 2.24. The van der Waals surface area contributed by atoms with Gasteiger partial charge in [0, 0.05) is 0 Å². The molecule has 102 valence electrons. The van der Waals surface area contributed by atoms with E-state index in [0.717, 1.165) is 6.42 Å². The molecule has 1 aromatic heterocycles. The van der Waals surface area contributed by atoms with Crippen LogP contribution in [0.25, 0.3) is 0 Å². The first-order chi connectivity index (χ1) is 8.24. The van der Waals surface area contributed by atoms with Gasteiger partial charge in [0.1, 0.15) is 0 Å². The lowest BCUT2D eigenvalue weighted by Crippen LogP contribution is -2.28. The van der Waals surface area contributed by atoms with Crippen molar-refractivity contribution in [3.8, 4) is 0 Å². The quantitative estimate of drug-likeness (QED) is 0.769. The maximum absolute atomic E-state index is 12.3. The van der Waals surface area contributed by atoms with E-state index in [4.69, 9.17) is 0 Å². The molecule has 5 nitrogen and oxygen atoms in total. The van der Waals surface area contributed by atoms with Crippen molar-refractivity contribution >= 4 is 16.1 Å². The van der Waals surface area contributed by atoms with Crippen LogP contribution in [-0.4, -0.2) is 30.2 Å². The van der Waals surface area contributed by atoms with E-state index in [1.165, 1.54) is 10.9 Å². The van der Waals surface area contributed by atoms with E-state index in [-0.39, 0.29) is 16.3 Å². The molecule has 0 amide bonds. The molecule has 0 radical (unpaired) electrons. The van der Waals surface area contributed by atoms with Crippen LogP contribution in [0.2, 0.25) is 0 Å². The molecular formula is C12H20N2O3S. The highest BCUT2D eigenvalue weighted by molar-refractivity contribution is 7.91. The van der Waals surface area contributed by atoms with Gasteiger partial charge in [0.05, 0.1) is 23.1 Å². The minimum atomic E-state index is -3.47. The first-order valence-corrected chi connectivity index (χ1v) is 7.65. The van der Waals surface area contributed by atoms with Gasteiger partial charge < -0.3 is 0 Å². The van der Waals surface area contributed by atoms with Crippen LogP contribution < -0.4 is 0 Å². The van der Waals surface area contributed by atoms with Gasteiger partial charge in [-0.1, -0.05) is 13.3 Å². The first kappa shape index (κ1) is 14.9. The lowest BCUT2D eigenvalue weighted by atomic mass is 10.1. The summed E-state index contributed by atoms with van der Waals surface area (Å²) in [5, 5.41) is 4.08. The van der Waals surface area contributed by atoms with Crippen LogP contribution in [0.5, 0.6) is 0 Å². The number of hydrogen-bond acceptors (Lipinski definition) is 4. The summed E-state index contributed by atoms with van der Waals surface area (Å²) < 4.78 is 26.0. The van der Waals surface area contributed by atoms with E-state index >= 15 is 0 Å². The number of carbonyl (C=O) groups excluding carboxylic acids is 1. The van der Waals surface area contributed by atoms with Gasteiger partial charge in [-0.15, -0.1) is 0 Å². The molecule has 0 spiro atoms. The molecule has 18 heavy (non-hydrogen) atoms. The Morgan fingerprint density at radius 1 is 1.39 bits per heavy atom. The number of rotatable bonds is 5. The molecule has 0 aliphatic carbocycles. The third-order valence-electron chi connectivity index (χ3n) is 2.58. The Kier molecular flexibility index (Phi) is 4.32. The fraction of sp³-hybridized carbons (Fsp3) is 0.667. The van der Waals surface area contributed by atoms with Crippen LogP contribution in [0.4, 0.5) is 0 Å². The molecule has 1 aromatic rings. The van der Waals surface area contributed by atoms with E-state index in [0.29, 0.717) is 12.7 Å². The summed E-state index contributed by atoms with van der Waals surface area (Å²) in [6.45, 7) is 7.49. The minimum Gasteiger partial charge on any atom is -0.298 e. The molecule has 0 saturated carbocycles. The summed E-state index contributed by atoms with van der Waals surface area (Å²) in [4.78, 5) is 11.0. The van der Waals surface area contributed by atoms with E-state index in [2.05, 4.69) is 5.10 Å². The van der Waals surface area contributed by atoms with Crippen LogP contribution in [0.15, 0.2) is 11.2 Å². The number of sulfone groups is 1. The molecule has 0 aliphatic rings. The Bertz CT molecular complexity index is 524. The normalized spacial score (nSPS) is 12.7. The number of nitrogens with zero attached hydrogens (tertiary/aromatic N) is 2. The Labute approximate surface area is 108 Å². The first-order valence-electron chi connectivity index (χ1n) is 6.00. The second-order valence-corrected chi connectivity index (χ2v) is 7.30. The van der Waals surface area contributed by atoms with Crippen molar-refractivity contribution in [2.75, 3.05) is 5.75 Å². The smallest absolute Gasteiger partial charge is 0.196 e. The zero-order valence-corrected chi connectivity index (χ0v) is 12.1.